The van der Waals surface area contributed by atoms with Crippen molar-refractivity contribution in [3.63, 3.8) is 0 Å². The molecule has 11 heteroatoms. The number of azo groups is 3. The highest BCUT2D eigenvalue weighted by Crippen LogP contribution is 2.35. The Bertz CT molecular complexity index is 2040. The fraction of sp³-hybridized carbons (Fsp3) is 0.200. The molecule has 0 N–H and O–H groups in total. The van der Waals surface area contributed by atoms with Crippen LogP contribution in [0.2, 0.25) is 0 Å². The maximum Gasteiger partial charge on any atom is 0.343 e. The molecule has 0 aliphatic carbocycles. The van der Waals surface area contributed by atoms with E-state index >= 15 is 0 Å². The van der Waals surface area contributed by atoms with Crippen LogP contribution in [0.15, 0.2) is 152 Å². The summed E-state index contributed by atoms with van der Waals surface area (Å²) in [5.41, 5.74) is 4.22. The van der Waals surface area contributed by atoms with Gasteiger partial charge in [-0.3, -0.25) is 0 Å². The Kier molecular flexibility index (Phi) is 13.0. The van der Waals surface area contributed by atoms with Crippen LogP contribution in [0.1, 0.15) is 43.0 Å². The van der Waals surface area contributed by atoms with E-state index in [1.165, 1.54) is 0 Å². The zero-order valence-corrected chi connectivity index (χ0v) is 28.6. The van der Waals surface area contributed by atoms with Gasteiger partial charge in [-0.05, 0) is 118 Å². The second-order valence-electron chi connectivity index (χ2n) is 11.5. The van der Waals surface area contributed by atoms with Crippen molar-refractivity contribution in [2.75, 3.05) is 20.3 Å². The van der Waals surface area contributed by atoms with Gasteiger partial charge in [0.05, 0.1) is 47.2 Å². The minimum Gasteiger partial charge on any atom is -0.494 e. The van der Waals surface area contributed by atoms with Gasteiger partial charge in [0.1, 0.15) is 11.5 Å². The molecule has 0 fully saturated rings. The van der Waals surface area contributed by atoms with Crippen LogP contribution in [0, 0.1) is 0 Å². The van der Waals surface area contributed by atoms with Gasteiger partial charge in [0, 0.05) is 23.4 Å². The van der Waals surface area contributed by atoms with Crippen LogP contribution in [0.5, 0.6) is 11.5 Å². The molecule has 5 rings (SSSR count). The van der Waals surface area contributed by atoms with E-state index in [-0.39, 0.29) is 5.97 Å². The average molecular weight is 683 g/mol. The van der Waals surface area contributed by atoms with Gasteiger partial charge < -0.3 is 14.2 Å². The highest BCUT2D eigenvalue weighted by Gasteiger charge is 2.13. The molecule has 0 spiro atoms. The van der Waals surface area contributed by atoms with Crippen LogP contribution >= 0.6 is 0 Å². The Morgan fingerprint density at radius 3 is 1.75 bits per heavy atom. The first-order valence-corrected chi connectivity index (χ1v) is 16.5. The third-order valence-electron chi connectivity index (χ3n) is 7.51. The number of benzene rings is 5. The first kappa shape index (κ1) is 35.9. The topological polar surface area (TPSA) is 136 Å². The summed E-state index contributed by atoms with van der Waals surface area (Å²) >= 11 is 0. The SMILES string of the molecule is C=C(C)C(=O)OCCCCCCOc1ccc(C(=O)Oc2ccc(/N=N/c3ccc(/N=N/c4ccc(/N=N/C)cc4)cc3)c3ccccc23)cc1. The van der Waals surface area contributed by atoms with Crippen LogP contribution < -0.4 is 9.47 Å². The lowest BCUT2D eigenvalue weighted by molar-refractivity contribution is -0.139. The number of nitrogens with zero attached hydrogens (tertiary/aromatic N) is 6. The predicted molar refractivity (Wildman–Crippen MR) is 197 cm³/mol. The van der Waals surface area contributed by atoms with E-state index < -0.39 is 5.97 Å². The van der Waals surface area contributed by atoms with Gasteiger partial charge in [-0.1, -0.05) is 30.8 Å². The van der Waals surface area contributed by atoms with Gasteiger partial charge in [0.2, 0.25) is 0 Å². The van der Waals surface area contributed by atoms with Gasteiger partial charge in [-0.2, -0.15) is 25.6 Å². The first-order valence-electron chi connectivity index (χ1n) is 16.5. The summed E-state index contributed by atoms with van der Waals surface area (Å²) < 4.78 is 16.7. The van der Waals surface area contributed by atoms with E-state index in [0.717, 1.165) is 42.1 Å². The number of carbonyl (C=O) groups is 2. The van der Waals surface area contributed by atoms with Crippen molar-refractivity contribution >= 4 is 51.1 Å². The third-order valence-corrected chi connectivity index (χ3v) is 7.51. The molecule has 0 heterocycles. The van der Waals surface area contributed by atoms with Crippen molar-refractivity contribution in [3.8, 4) is 11.5 Å². The molecule has 0 bridgehead atoms. The minimum atomic E-state index is -0.481. The lowest BCUT2D eigenvalue weighted by Crippen LogP contribution is -2.08. The van der Waals surface area contributed by atoms with Crippen LogP contribution in [0.25, 0.3) is 10.8 Å². The van der Waals surface area contributed by atoms with Gasteiger partial charge in [0.25, 0.3) is 0 Å². The van der Waals surface area contributed by atoms with E-state index in [1.807, 2.05) is 72.8 Å². The number of ether oxygens (including phenoxy) is 3. The Hall–Kier alpha value is -6.36. The van der Waals surface area contributed by atoms with Crippen molar-refractivity contribution in [1.82, 2.24) is 0 Å². The van der Waals surface area contributed by atoms with E-state index in [2.05, 4.69) is 37.3 Å². The zero-order chi connectivity index (χ0) is 35.8. The summed E-state index contributed by atoms with van der Waals surface area (Å²) in [5.74, 6) is 0.257. The number of fused-ring (bicyclic) bond motifs is 1. The van der Waals surface area contributed by atoms with E-state index in [9.17, 15) is 9.59 Å². The lowest BCUT2D eigenvalue weighted by Gasteiger charge is -2.10. The smallest absolute Gasteiger partial charge is 0.343 e. The van der Waals surface area contributed by atoms with Gasteiger partial charge in [-0.15, -0.1) is 5.11 Å². The van der Waals surface area contributed by atoms with Crippen LogP contribution in [-0.4, -0.2) is 32.2 Å². The summed E-state index contributed by atoms with van der Waals surface area (Å²) in [7, 11) is 1.62. The molecular formula is C40H38N6O5. The molecule has 5 aromatic rings. The fourth-order valence-corrected chi connectivity index (χ4v) is 4.83. The van der Waals surface area contributed by atoms with Crippen molar-refractivity contribution in [1.29, 1.82) is 0 Å². The molecule has 11 nitrogen and oxygen atoms in total. The van der Waals surface area contributed by atoms with Gasteiger partial charge in [-0.25, -0.2) is 9.59 Å². The maximum absolute atomic E-state index is 13.1. The van der Waals surface area contributed by atoms with Crippen LogP contribution in [0.4, 0.5) is 28.4 Å². The molecule has 0 aromatic heterocycles. The molecule has 0 aliphatic heterocycles. The molecule has 0 radical (unpaired) electrons. The van der Waals surface area contributed by atoms with E-state index in [4.69, 9.17) is 14.2 Å². The minimum absolute atomic E-state index is 0.351. The molecular weight excluding hydrogens is 644 g/mol. The summed E-state index contributed by atoms with van der Waals surface area (Å²) in [6, 6.07) is 32.5. The van der Waals surface area contributed by atoms with Crippen molar-refractivity contribution in [2.45, 2.75) is 32.6 Å². The van der Waals surface area contributed by atoms with Crippen molar-refractivity contribution < 1.29 is 23.8 Å². The van der Waals surface area contributed by atoms with E-state index in [0.29, 0.717) is 58.6 Å². The number of rotatable bonds is 16. The van der Waals surface area contributed by atoms with Gasteiger partial charge >= 0.3 is 11.9 Å². The zero-order valence-electron chi connectivity index (χ0n) is 28.6. The highest BCUT2D eigenvalue weighted by atomic mass is 16.5. The molecule has 0 aliphatic rings. The van der Waals surface area contributed by atoms with Crippen LogP contribution in [-0.2, 0) is 9.53 Å². The van der Waals surface area contributed by atoms with Gasteiger partial charge in [0.15, 0.2) is 0 Å². The van der Waals surface area contributed by atoms with Crippen molar-refractivity contribution in [3.05, 3.63) is 127 Å². The average Bonchev–Trinajstić information content (AvgIpc) is 3.16. The van der Waals surface area contributed by atoms with Crippen molar-refractivity contribution in [2.24, 2.45) is 30.7 Å². The predicted octanol–water partition coefficient (Wildman–Crippen LogP) is 11.7. The highest BCUT2D eigenvalue weighted by molar-refractivity contribution is 5.99. The maximum atomic E-state index is 13.1. The number of hydrogen-bond donors (Lipinski definition) is 0. The third kappa shape index (κ3) is 10.8. The Morgan fingerprint density at radius 2 is 1.16 bits per heavy atom. The molecule has 5 aromatic carbocycles. The van der Waals surface area contributed by atoms with Crippen LogP contribution in [0.3, 0.4) is 0 Å². The normalized spacial score (nSPS) is 11.4. The lowest BCUT2D eigenvalue weighted by atomic mass is 10.1. The second-order valence-corrected chi connectivity index (χ2v) is 11.5. The number of unbranched alkanes of at least 4 members (excludes halogenated alkanes) is 3. The molecule has 0 saturated carbocycles. The Balaban J connectivity index is 1.13. The first-order chi connectivity index (χ1) is 24.9. The van der Waals surface area contributed by atoms with E-state index in [1.54, 1.807) is 50.4 Å². The Morgan fingerprint density at radius 1 is 0.608 bits per heavy atom. The molecule has 0 amide bonds. The summed E-state index contributed by atoms with van der Waals surface area (Å²) in [6.07, 6.45) is 3.55. The molecule has 0 unspecified atom stereocenters. The molecule has 0 saturated heterocycles. The fourth-order valence-electron chi connectivity index (χ4n) is 4.83. The molecule has 0 atom stereocenters. The molecule has 258 valence electrons. The number of carbonyl (C=O) groups excluding carboxylic acids is 2. The summed E-state index contributed by atoms with van der Waals surface area (Å²) in [4.78, 5) is 24.5. The number of esters is 2. The molecule has 51 heavy (non-hydrogen) atoms. The summed E-state index contributed by atoms with van der Waals surface area (Å²) in [5, 5.41) is 26.7. The monoisotopic (exact) mass is 682 g/mol. The largest absolute Gasteiger partial charge is 0.494 e. The quantitative estimate of drug-likeness (QED) is 0.0335. The standard InChI is InChI=1S/C40H38N6O5/c1-28(2)39(47)50-27-9-5-4-8-26-49-34-22-12-29(13-23-34)40(48)51-38-25-24-37(35-10-6-7-11-36(35)38)46-45-33-20-18-32(19-21-33)44-43-31-16-14-30(15-17-31)42-41-3/h6-7,10-25H,1,4-5,8-9,26-27H2,2-3H3/b42-41+,44-43+,46-45+. The number of hydrogen-bond acceptors (Lipinski definition) is 11. The summed E-state index contributed by atoms with van der Waals surface area (Å²) in [6.45, 7) is 6.15. The second kappa shape index (κ2) is 18.4. The Labute approximate surface area is 296 Å².